The van der Waals surface area contributed by atoms with Gasteiger partial charge in [0.15, 0.2) is 5.82 Å². The van der Waals surface area contributed by atoms with Crippen LogP contribution in [0.15, 0.2) is 25.0 Å². The third-order valence-corrected chi connectivity index (χ3v) is 3.17. The second-order valence-electron chi connectivity index (χ2n) is 4.91. The van der Waals surface area contributed by atoms with Gasteiger partial charge in [0.2, 0.25) is 0 Å². The maximum atomic E-state index is 5.72. The van der Waals surface area contributed by atoms with Crippen molar-refractivity contribution in [2.24, 2.45) is 5.92 Å². The molecule has 0 bridgehead atoms. The molecule has 98 valence electrons. The summed E-state index contributed by atoms with van der Waals surface area (Å²) in [5.74, 6) is 2.14. The van der Waals surface area contributed by atoms with Gasteiger partial charge in [-0.05, 0) is 32.6 Å². The molecule has 1 aromatic rings. The summed E-state index contributed by atoms with van der Waals surface area (Å²) in [6, 6.07) is 0. The lowest BCUT2D eigenvalue weighted by Gasteiger charge is -2.32. The van der Waals surface area contributed by atoms with E-state index in [1.54, 1.807) is 12.4 Å². The third kappa shape index (κ3) is 3.00. The minimum absolute atomic E-state index is 0.117. The van der Waals surface area contributed by atoms with Crippen LogP contribution in [0.25, 0.3) is 0 Å². The summed E-state index contributed by atoms with van der Waals surface area (Å²) < 4.78 is 5.72. The fraction of sp³-hybridized carbons (Fsp3) is 0.571. The predicted octanol–water partition coefficient (Wildman–Crippen LogP) is 2.67. The highest BCUT2D eigenvalue weighted by molar-refractivity contribution is 5.48. The van der Waals surface area contributed by atoms with Gasteiger partial charge in [0, 0.05) is 25.5 Å². The summed E-state index contributed by atoms with van der Waals surface area (Å²) in [5.41, 5.74) is 0. The van der Waals surface area contributed by atoms with E-state index >= 15 is 0 Å². The Hall–Kier alpha value is -1.58. The summed E-state index contributed by atoms with van der Waals surface area (Å²) in [4.78, 5) is 11.0. The van der Waals surface area contributed by atoms with E-state index in [2.05, 4.69) is 27.5 Å². The average Bonchev–Trinajstić information content (AvgIpc) is 2.39. The van der Waals surface area contributed by atoms with Crippen molar-refractivity contribution in [1.29, 1.82) is 0 Å². The van der Waals surface area contributed by atoms with Crippen molar-refractivity contribution < 1.29 is 4.74 Å². The van der Waals surface area contributed by atoms with Gasteiger partial charge in [-0.2, -0.15) is 0 Å². The Bertz CT molecular complexity index is 398. The standard InChI is InChI=1S/C14H21N3O/c1-4-12-5-9-17(10-6-12)13-14(18-11(2)3)16-8-7-15-13/h4,7-8,11-12H,1,5-6,9-10H2,2-3H3. The molecule has 4 heteroatoms. The molecule has 0 N–H and O–H groups in total. The van der Waals surface area contributed by atoms with Crippen molar-refractivity contribution in [3.63, 3.8) is 0 Å². The van der Waals surface area contributed by atoms with Gasteiger partial charge in [0.1, 0.15) is 0 Å². The topological polar surface area (TPSA) is 38.2 Å². The molecule has 1 aliphatic heterocycles. The molecule has 1 saturated heterocycles. The maximum Gasteiger partial charge on any atom is 0.257 e. The van der Waals surface area contributed by atoms with Gasteiger partial charge in [-0.15, -0.1) is 6.58 Å². The van der Waals surface area contributed by atoms with E-state index in [1.807, 2.05) is 13.8 Å². The number of anilines is 1. The van der Waals surface area contributed by atoms with Crippen LogP contribution >= 0.6 is 0 Å². The van der Waals surface area contributed by atoms with Crippen molar-refractivity contribution in [3.05, 3.63) is 25.0 Å². The first-order chi connectivity index (χ1) is 8.70. The number of ether oxygens (including phenoxy) is 1. The number of nitrogens with zero attached hydrogens (tertiary/aromatic N) is 3. The molecule has 2 rings (SSSR count). The van der Waals surface area contributed by atoms with E-state index in [0.717, 1.165) is 31.7 Å². The number of hydrogen-bond acceptors (Lipinski definition) is 4. The highest BCUT2D eigenvalue weighted by Gasteiger charge is 2.21. The van der Waals surface area contributed by atoms with Gasteiger partial charge < -0.3 is 9.64 Å². The fourth-order valence-electron chi connectivity index (χ4n) is 2.19. The van der Waals surface area contributed by atoms with Crippen LogP contribution in [-0.2, 0) is 0 Å². The zero-order valence-electron chi connectivity index (χ0n) is 11.2. The maximum absolute atomic E-state index is 5.72. The van der Waals surface area contributed by atoms with E-state index in [9.17, 15) is 0 Å². The molecule has 1 fully saturated rings. The Morgan fingerprint density at radius 1 is 1.33 bits per heavy atom. The van der Waals surface area contributed by atoms with Crippen molar-refractivity contribution in [1.82, 2.24) is 9.97 Å². The van der Waals surface area contributed by atoms with Gasteiger partial charge in [0.05, 0.1) is 6.10 Å². The quantitative estimate of drug-likeness (QED) is 0.767. The lowest BCUT2D eigenvalue weighted by Crippen LogP contribution is -2.34. The number of allylic oxidation sites excluding steroid dienone is 1. The molecule has 4 nitrogen and oxygen atoms in total. The second-order valence-corrected chi connectivity index (χ2v) is 4.91. The monoisotopic (exact) mass is 247 g/mol. The van der Waals surface area contributed by atoms with Crippen molar-refractivity contribution >= 4 is 5.82 Å². The first-order valence-corrected chi connectivity index (χ1v) is 6.56. The summed E-state index contributed by atoms with van der Waals surface area (Å²) in [7, 11) is 0. The van der Waals surface area contributed by atoms with Gasteiger partial charge >= 0.3 is 0 Å². The van der Waals surface area contributed by atoms with E-state index in [4.69, 9.17) is 4.74 Å². The molecule has 0 unspecified atom stereocenters. The molecule has 0 saturated carbocycles. The normalized spacial score (nSPS) is 16.9. The van der Waals surface area contributed by atoms with E-state index in [1.165, 1.54) is 0 Å². The number of aromatic nitrogens is 2. The van der Waals surface area contributed by atoms with Crippen LogP contribution in [0.3, 0.4) is 0 Å². The van der Waals surface area contributed by atoms with E-state index in [-0.39, 0.29) is 6.10 Å². The molecular weight excluding hydrogens is 226 g/mol. The minimum atomic E-state index is 0.117. The molecule has 1 aromatic heterocycles. The molecule has 0 aliphatic carbocycles. The molecule has 18 heavy (non-hydrogen) atoms. The molecular formula is C14H21N3O. The molecule has 0 amide bonds. The van der Waals surface area contributed by atoms with Crippen LogP contribution in [0.2, 0.25) is 0 Å². The Labute approximate surface area is 109 Å². The molecule has 2 heterocycles. The van der Waals surface area contributed by atoms with Crippen LogP contribution in [0.1, 0.15) is 26.7 Å². The van der Waals surface area contributed by atoms with Crippen molar-refractivity contribution in [2.75, 3.05) is 18.0 Å². The van der Waals surface area contributed by atoms with E-state index < -0.39 is 0 Å². The smallest absolute Gasteiger partial charge is 0.257 e. The largest absolute Gasteiger partial charge is 0.472 e. The molecule has 0 spiro atoms. The van der Waals surface area contributed by atoms with E-state index in [0.29, 0.717) is 11.8 Å². The van der Waals surface area contributed by atoms with Crippen LogP contribution in [-0.4, -0.2) is 29.2 Å². The number of rotatable bonds is 4. The summed E-state index contributed by atoms with van der Waals surface area (Å²) in [6.45, 7) is 9.85. The van der Waals surface area contributed by atoms with Gasteiger partial charge in [-0.1, -0.05) is 6.08 Å². The molecule has 0 radical (unpaired) electrons. The first kappa shape index (κ1) is 12.9. The minimum Gasteiger partial charge on any atom is -0.472 e. The Morgan fingerprint density at radius 2 is 2.00 bits per heavy atom. The highest BCUT2D eigenvalue weighted by Crippen LogP contribution is 2.28. The molecule has 0 atom stereocenters. The van der Waals surface area contributed by atoms with Crippen LogP contribution < -0.4 is 9.64 Å². The fourth-order valence-corrected chi connectivity index (χ4v) is 2.19. The number of hydrogen-bond donors (Lipinski definition) is 0. The van der Waals surface area contributed by atoms with Gasteiger partial charge in [-0.3, -0.25) is 0 Å². The highest BCUT2D eigenvalue weighted by atomic mass is 16.5. The average molecular weight is 247 g/mol. The summed E-state index contributed by atoms with van der Waals surface area (Å²) >= 11 is 0. The summed E-state index contributed by atoms with van der Waals surface area (Å²) in [6.07, 6.45) is 7.83. The third-order valence-electron chi connectivity index (χ3n) is 3.17. The molecule has 1 aliphatic rings. The zero-order valence-corrected chi connectivity index (χ0v) is 11.2. The van der Waals surface area contributed by atoms with Crippen LogP contribution in [0.4, 0.5) is 5.82 Å². The van der Waals surface area contributed by atoms with Gasteiger partial charge in [0.25, 0.3) is 5.88 Å². The second kappa shape index (κ2) is 5.85. The lowest BCUT2D eigenvalue weighted by molar-refractivity contribution is 0.231. The predicted molar refractivity (Wildman–Crippen MR) is 72.9 cm³/mol. The van der Waals surface area contributed by atoms with Gasteiger partial charge in [-0.25, -0.2) is 9.97 Å². The summed E-state index contributed by atoms with van der Waals surface area (Å²) in [5, 5.41) is 0. The van der Waals surface area contributed by atoms with Crippen LogP contribution in [0.5, 0.6) is 5.88 Å². The molecule has 0 aromatic carbocycles. The Kier molecular flexibility index (Phi) is 4.18. The lowest BCUT2D eigenvalue weighted by atomic mass is 9.97. The van der Waals surface area contributed by atoms with Crippen LogP contribution in [0, 0.1) is 5.92 Å². The number of piperidine rings is 1. The van der Waals surface area contributed by atoms with Crippen molar-refractivity contribution in [2.45, 2.75) is 32.8 Å². The zero-order chi connectivity index (χ0) is 13.0. The van der Waals surface area contributed by atoms with Crippen molar-refractivity contribution in [3.8, 4) is 5.88 Å². The Balaban J connectivity index is 2.11. The Morgan fingerprint density at radius 3 is 2.61 bits per heavy atom. The SMILES string of the molecule is C=CC1CCN(c2nccnc2OC(C)C)CC1. The first-order valence-electron chi connectivity index (χ1n) is 6.56.